The molecular formula is C16H18BNO3. The number of benzene rings is 2. The van der Waals surface area contributed by atoms with Crippen LogP contribution in [0.25, 0.3) is 0 Å². The van der Waals surface area contributed by atoms with Crippen molar-refractivity contribution in [2.24, 2.45) is 0 Å². The van der Waals surface area contributed by atoms with Crippen molar-refractivity contribution in [3.8, 4) is 0 Å². The van der Waals surface area contributed by atoms with Gasteiger partial charge in [0.2, 0.25) is 0 Å². The fraction of sp³-hybridized carbons (Fsp3) is 0.188. The van der Waals surface area contributed by atoms with Crippen LogP contribution in [0.4, 0.5) is 0 Å². The van der Waals surface area contributed by atoms with Crippen LogP contribution in [-0.2, 0) is 6.42 Å². The second-order valence-electron chi connectivity index (χ2n) is 4.84. The third kappa shape index (κ3) is 4.74. The zero-order valence-electron chi connectivity index (χ0n) is 11.7. The Balaban J connectivity index is 1.81. The Kier molecular flexibility index (Phi) is 5.55. The number of rotatable bonds is 6. The minimum Gasteiger partial charge on any atom is -0.423 e. The zero-order chi connectivity index (χ0) is 15.1. The Morgan fingerprint density at radius 2 is 1.81 bits per heavy atom. The van der Waals surface area contributed by atoms with Crippen LogP contribution >= 0.6 is 0 Å². The minimum atomic E-state index is -1.56. The van der Waals surface area contributed by atoms with Crippen LogP contribution in [-0.4, -0.2) is 29.6 Å². The van der Waals surface area contributed by atoms with Crippen molar-refractivity contribution >= 4 is 18.5 Å². The van der Waals surface area contributed by atoms with Crippen LogP contribution in [0.15, 0.2) is 54.6 Å². The maximum absolute atomic E-state index is 12.0. The van der Waals surface area contributed by atoms with Crippen molar-refractivity contribution in [3.63, 3.8) is 0 Å². The third-order valence-electron chi connectivity index (χ3n) is 3.22. The first-order valence-electron chi connectivity index (χ1n) is 6.95. The molecule has 0 atom stereocenters. The summed E-state index contributed by atoms with van der Waals surface area (Å²) < 4.78 is 0. The van der Waals surface area contributed by atoms with E-state index in [1.165, 1.54) is 11.6 Å². The maximum atomic E-state index is 12.0. The maximum Gasteiger partial charge on any atom is 0.488 e. The average molecular weight is 283 g/mol. The Bertz CT molecular complexity index is 587. The molecule has 0 fully saturated rings. The predicted octanol–water partition coefficient (Wildman–Crippen LogP) is 0.729. The second kappa shape index (κ2) is 7.62. The molecule has 2 rings (SSSR count). The lowest BCUT2D eigenvalue weighted by atomic mass is 9.79. The van der Waals surface area contributed by atoms with Crippen LogP contribution in [0.5, 0.6) is 0 Å². The molecular weight excluding hydrogens is 265 g/mol. The molecule has 4 nitrogen and oxygen atoms in total. The molecule has 108 valence electrons. The number of amides is 1. The lowest BCUT2D eigenvalue weighted by Gasteiger charge is -2.07. The number of carbonyl (C=O) groups is 1. The second-order valence-corrected chi connectivity index (χ2v) is 4.84. The third-order valence-corrected chi connectivity index (χ3v) is 3.22. The topological polar surface area (TPSA) is 69.6 Å². The number of nitrogens with one attached hydrogen (secondary N) is 1. The molecule has 2 aromatic rings. The van der Waals surface area contributed by atoms with E-state index in [1.807, 2.05) is 18.2 Å². The smallest absolute Gasteiger partial charge is 0.423 e. The first kappa shape index (κ1) is 15.3. The number of hydrogen-bond donors (Lipinski definition) is 3. The lowest BCUT2D eigenvalue weighted by molar-refractivity contribution is 0.0953. The number of aryl methyl sites for hydroxylation is 1. The first-order valence-corrected chi connectivity index (χ1v) is 6.95. The van der Waals surface area contributed by atoms with E-state index in [0.717, 1.165) is 12.8 Å². The molecule has 0 spiro atoms. The van der Waals surface area contributed by atoms with Crippen LogP contribution in [0.2, 0.25) is 0 Å². The highest BCUT2D eigenvalue weighted by Crippen LogP contribution is 2.02. The summed E-state index contributed by atoms with van der Waals surface area (Å²) >= 11 is 0. The van der Waals surface area contributed by atoms with E-state index in [2.05, 4.69) is 17.4 Å². The van der Waals surface area contributed by atoms with Gasteiger partial charge >= 0.3 is 7.12 Å². The summed E-state index contributed by atoms with van der Waals surface area (Å²) in [5.41, 5.74) is 1.99. The van der Waals surface area contributed by atoms with Gasteiger partial charge < -0.3 is 15.4 Å². The summed E-state index contributed by atoms with van der Waals surface area (Å²) in [7, 11) is -1.56. The van der Waals surface area contributed by atoms with Gasteiger partial charge in [-0.2, -0.15) is 0 Å². The van der Waals surface area contributed by atoms with Crippen molar-refractivity contribution in [1.82, 2.24) is 5.32 Å². The molecule has 2 aromatic carbocycles. The average Bonchev–Trinajstić information content (AvgIpc) is 2.52. The summed E-state index contributed by atoms with van der Waals surface area (Å²) in [5, 5.41) is 21.0. The van der Waals surface area contributed by atoms with Gasteiger partial charge in [0.15, 0.2) is 0 Å². The molecule has 0 saturated carbocycles. The molecule has 0 aromatic heterocycles. The van der Waals surface area contributed by atoms with E-state index in [1.54, 1.807) is 18.2 Å². The molecule has 1 amide bonds. The van der Waals surface area contributed by atoms with Crippen molar-refractivity contribution < 1.29 is 14.8 Å². The molecule has 0 bridgehead atoms. The van der Waals surface area contributed by atoms with Crippen molar-refractivity contribution in [3.05, 3.63) is 65.7 Å². The fourth-order valence-electron chi connectivity index (χ4n) is 2.08. The van der Waals surface area contributed by atoms with Crippen LogP contribution in [0, 0.1) is 0 Å². The van der Waals surface area contributed by atoms with Crippen molar-refractivity contribution in [2.45, 2.75) is 12.8 Å². The SMILES string of the molecule is O=C(NCCCc1ccccc1)c1cccc(B(O)O)c1. The summed E-state index contributed by atoms with van der Waals surface area (Å²) in [6, 6.07) is 16.4. The summed E-state index contributed by atoms with van der Waals surface area (Å²) in [6.45, 7) is 0.583. The van der Waals surface area contributed by atoms with Gasteiger partial charge in [-0.15, -0.1) is 0 Å². The highest BCUT2D eigenvalue weighted by atomic mass is 16.4. The fourth-order valence-corrected chi connectivity index (χ4v) is 2.08. The molecule has 0 radical (unpaired) electrons. The molecule has 0 aliphatic carbocycles. The van der Waals surface area contributed by atoms with E-state index in [-0.39, 0.29) is 5.91 Å². The highest BCUT2D eigenvalue weighted by Gasteiger charge is 2.13. The van der Waals surface area contributed by atoms with E-state index < -0.39 is 7.12 Å². The van der Waals surface area contributed by atoms with E-state index >= 15 is 0 Å². The quantitative estimate of drug-likeness (QED) is 0.540. The normalized spacial score (nSPS) is 10.2. The number of hydrogen-bond acceptors (Lipinski definition) is 3. The Labute approximate surface area is 124 Å². The summed E-state index contributed by atoms with van der Waals surface area (Å²) in [6.07, 6.45) is 1.77. The predicted molar refractivity (Wildman–Crippen MR) is 83.4 cm³/mol. The van der Waals surface area contributed by atoms with E-state index in [0.29, 0.717) is 17.6 Å². The lowest BCUT2D eigenvalue weighted by Crippen LogP contribution is -2.32. The standard InChI is InChI=1S/C16H18BNO3/c19-16(14-9-4-10-15(12-14)17(20)21)18-11-5-8-13-6-2-1-3-7-13/h1-4,6-7,9-10,12,20-21H,5,8,11H2,(H,18,19). The van der Waals surface area contributed by atoms with E-state index in [9.17, 15) is 4.79 Å². The van der Waals surface area contributed by atoms with Gasteiger partial charge in [0.05, 0.1) is 0 Å². The van der Waals surface area contributed by atoms with Gasteiger partial charge in [-0.05, 0) is 36.0 Å². The van der Waals surface area contributed by atoms with Gasteiger partial charge in [0.25, 0.3) is 5.91 Å². The van der Waals surface area contributed by atoms with Crippen LogP contribution in [0.1, 0.15) is 22.3 Å². The highest BCUT2D eigenvalue weighted by molar-refractivity contribution is 6.58. The van der Waals surface area contributed by atoms with Crippen LogP contribution < -0.4 is 10.8 Å². The van der Waals surface area contributed by atoms with E-state index in [4.69, 9.17) is 10.0 Å². The van der Waals surface area contributed by atoms with Crippen LogP contribution in [0.3, 0.4) is 0 Å². The molecule has 0 aliphatic rings. The first-order chi connectivity index (χ1) is 10.2. The number of carbonyl (C=O) groups excluding carboxylic acids is 1. The van der Waals surface area contributed by atoms with Crippen molar-refractivity contribution in [2.75, 3.05) is 6.54 Å². The van der Waals surface area contributed by atoms with Gasteiger partial charge in [0.1, 0.15) is 0 Å². The molecule has 5 heteroatoms. The summed E-state index contributed by atoms with van der Waals surface area (Å²) in [4.78, 5) is 12.0. The Hall–Kier alpha value is -2.11. The molecule has 21 heavy (non-hydrogen) atoms. The minimum absolute atomic E-state index is 0.203. The monoisotopic (exact) mass is 283 g/mol. The molecule has 0 heterocycles. The zero-order valence-corrected chi connectivity index (χ0v) is 11.7. The van der Waals surface area contributed by atoms with Gasteiger partial charge in [-0.1, -0.05) is 42.5 Å². The molecule has 0 aliphatic heterocycles. The Morgan fingerprint density at radius 3 is 2.52 bits per heavy atom. The van der Waals surface area contributed by atoms with Gasteiger partial charge in [-0.25, -0.2) is 0 Å². The van der Waals surface area contributed by atoms with Gasteiger partial charge in [-0.3, -0.25) is 4.79 Å². The largest absolute Gasteiger partial charge is 0.488 e. The summed E-state index contributed by atoms with van der Waals surface area (Å²) in [5.74, 6) is -0.203. The van der Waals surface area contributed by atoms with Gasteiger partial charge in [0, 0.05) is 12.1 Å². The molecule has 0 saturated heterocycles. The molecule has 3 N–H and O–H groups in total. The van der Waals surface area contributed by atoms with Crippen molar-refractivity contribution in [1.29, 1.82) is 0 Å². The Morgan fingerprint density at radius 1 is 1.05 bits per heavy atom. The molecule has 0 unspecified atom stereocenters.